The summed E-state index contributed by atoms with van der Waals surface area (Å²) in [5, 5.41) is 5.43. The van der Waals surface area contributed by atoms with Crippen LogP contribution in [0, 0.1) is 0 Å². The van der Waals surface area contributed by atoms with Crippen LogP contribution < -0.4 is 10.6 Å². The summed E-state index contributed by atoms with van der Waals surface area (Å²) in [4.78, 5) is 36.9. The van der Waals surface area contributed by atoms with E-state index in [1.54, 1.807) is 24.3 Å². The highest BCUT2D eigenvalue weighted by Gasteiger charge is 2.22. The van der Waals surface area contributed by atoms with Gasteiger partial charge < -0.3 is 15.4 Å². The summed E-state index contributed by atoms with van der Waals surface area (Å²) in [6.45, 7) is 1.57. The summed E-state index contributed by atoms with van der Waals surface area (Å²) in [5.41, 5.74) is 2.72. The Balaban J connectivity index is 1.69. The largest absolute Gasteiger partial charge is 0.445 e. The maximum Gasteiger partial charge on any atom is 0.408 e. The van der Waals surface area contributed by atoms with Gasteiger partial charge in [-0.05, 0) is 30.2 Å². The van der Waals surface area contributed by atoms with Crippen LogP contribution in [-0.4, -0.2) is 23.8 Å². The van der Waals surface area contributed by atoms with E-state index in [-0.39, 0.29) is 12.4 Å². The molecule has 6 heteroatoms. The molecule has 0 spiro atoms. The third-order valence-electron chi connectivity index (χ3n) is 4.64. The minimum atomic E-state index is -0.855. The van der Waals surface area contributed by atoms with Gasteiger partial charge in [0.25, 0.3) is 0 Å². The lowest BCUT2D eigenvalue weighted by atomic mass is 10.0. The smallest absolute Gasteiger partial charge is 0.408 e. The molecular weight excluding hydrogens is 392 g/mol. The van der Waals surface area contributed by atoms with E-state index in [2.05, 4.69) is 10.6 Å². The van der Waals surface area contributed by atoms with Crippen molar-refractivity contribution in [2.24, 2.45) is 0 Å². The zero-order valence-electron chi connectivity index (χ0n) is 17.2. The molecule has 0 unspecified atom stereocenters. The first kappa shape index (κ1) is 21.8. The molecule has 2 N–H and O–H groups in total. The number of nitrogens with one attached hydrogen (secondary N) is 2. The highest BCUT2D eigenvalue weighted by Crippen LogP contribution is 2.13. The quantitative estimate of drug-likeness (QED) is 0.534. The Labute approximate surface area is 181 Å². The second kappa shape index (κ2) is 10.7. The zero-order valence-corrected chi connectivity index (χ0v) is 17.2. The molecule has 0 aliphatic carbocycles. The van der Waals surface area contributed by atoms with Crippen molar-refractivity contribution in [3.05, 3.63) is 102 Å². The van der Waals surface area contributed by atoms with E-state index in [9.17, 15) is 14.4 Å². The molecular formula is C25H24N2O4. The minimum Gasteiger partial charge on any atom is -0.445 e. The number of carbonyl (C=O) groups excluding carboxylic acids is 3. The molecule has 6 nitrogen and oxygen atoms in total. The van der Waals surface area contributed by atoms with Gasteiger partial charge in [0.05, 0.1) is 0 Å². The fourth-order valence-electron chi connectivity index (χ4n) is 3.01. The van der Waals surface area contributed by atoms with Crippen molar-refractivity contribution >= 4 is 23.5 Å². The number of ketones is 1. The van der Waals surface area contributed by atoms with E-state index in [4.69, 9.17) is 4.74 Å². The molecule has 0 fully saturated rings. The van der Waals surface area contributed by atoms with Crippen LogP contribution in [-0.2, 0) is 22.6 Å². The third-order valence-corrected chi connectivity index (χ3v) is 4.64. The number of rotatable bonds is 8. The topological polar surface area (TPSA) is 84.5 Å². The Kier molecular flexibility index (Phi) is 7.54. The predicted molar refractivity (Wildman–Crippen MR) is 119 cm³/mol. The van der Waals surface area contributed by atoms with Crippen LogP contribution in [0.3, 0.4) is 0 Å². The Morgan fingerprint density at radius 2 is 1.48 bits per heavy atom. The Bertz CT molecular complexity index is 1040. The molecule has 0 aliphatic rings. The highest BCUT2D eigenvalue weighted by molar-refractivity contribution is 5.99. The first-order chi connectivity index (χ1) is 15.0. The lowest BCUT2D eigenvalue weighted by Crippen LogP contribution is -2.45. The Morgan fingerprint density at radius 3 is 2.13 bits per heavy atom. The molecule has 158 valence electrons. The zero-order chi connectivity index (χ0) is 22.1. The van der Waals surface area contributed by atoms with Gasteiger partial charge in [-0.3, -0.25) is 9.59 Å². The maximum atomic E-state index is 12.9. The van der Waals surface area contributed by atoms with Gasteiger partial charge in [-0.25, -0.2) is 4.79 Å². The molecule has 0 radical (unpaired) electrons. The summed E-state index contributed by atoms with van der Waals surface area (Å²) < 4.78 is 5.27. The standard InChI is InChI=1S/C25H24N2O4/c1-18(28)21-13-8-14-22(16-21)26-24(29)23(15-19-9-4-2-5-10-19)27-25(30)31-17-20-11-6-3-7-12-20/h2-14,16,23H,15,17H2,1H3,(H,26,29)(H,27,30)/t23-/m0/s1. The van der Waals surface area contributed by atoms with E-state index >= 15 is 0 Å². The van der Waals surface area contributed by atoms with Crippen molar-refractivity contribution in [1.82, 2.24) is 5.32 Å². The molecule has 0 aliphatic heterocycles. The van der Waals surface area contributed by atoms with Crippen molar-refractivity contribution in [2.45, 2.75) is 26.0 Å². The SMILES string of the molecule is CC(=O)c1cccc(NC(=O)[C@H](Cc2ccccc2)NC(=O)OCc2ccccc2)c1. The van der Waals surface area contributed by atoms with Crippen LogP contribution in [0.4, 0.5) is 10.5 Å². The Morgan fingerprint density at radius 1 is 0.839 bits per heavy atom. The number of Topliss-reactive ketones (excluding diaryl/α,β-unsaturated/α-hetero) is 1. The van der Waals surface area contributed by atoms with E-state index in [1.807, 2.05) is 60.7 Å². The lowest BCUT2D eigenvalue weighted by Gasteiger charge is -2.19. The van der Waals surface area contributed by atoms with E-state index in [0.717, 1.165) is 11.1 Å². The number of hydrogen-bond acceptors (Lipinski definition) is 4. The maximum absolute atomic E-state index is 12.9. The molecule has 2 amide bonds. The summed E-state index contributed by atoms with van der Waals surface area (Å²) in [5.74, 6) is -0.499. The van der Waals surface area contributed by atoms with Gasteiger partial charge >= 0.3 is 6.09 Å². The first-order valence-corrected chi connectivity index (χ1v) is 9.94. The van der Waals surface area contributed by atoms with Crippen LogP contribution >= 0.6 is 0 Å². The minimum absolute atomic E-state index is 0.0976. The molecule has 0 saturated carbocycles. The number of alkyl carbamates (subject to hydrolysis) is 1. The third kappa shape index (κ3) is 6.82. The normalized spacial score (nSPS) is 11.3. The fourth-order valence-corrected chi connectivity index (χ4v) is 3.01. The van der Waals surface area contributed by atoms with Gasteiger partial charge in [0.15, 0.2) is 5.78 Å². The van der Waals surface area contributed by atoms with Gasteiger partial charge in [0.1, 0.15) is 12.6 Å². The van der Waals surface area contributed by atoms with Gasteiger partial charge in [0, 0.05) is 17.7 Å². The molecule has 3 rings (SSSR count). The number of ether oxygens (including phenoxy) is 1. The summed E-state index contributed by atoms with van der Waals surface area (Å²) >= 11 is 0. The van der Waals surface area contributed by atoms with Gasteiger partial charge in [0.2, 0.25) is 5.91 Å². The molecule has 0 aromatic heterocycles. The summed E-state index contributed by atoms with van der Waals surface area (Å²) in [6, 6.07) is 24.5. The van der Waals surface area contributed by atoms with Crippen LogP contribution in [0.2, 0.25) is 0 Å². The monoisotopic (exact) mass is 416 g/mol. The van der Waals surface area contributed by atoms with E-state index in [1.165, 1.54) is 6.92 Å². The number of carbonyl (C=O) groups is 3. The summed E-state index contributed by atoms with van der Waals surface area (Å²) in [7, 11) is 0. The van der Waals surface area contributed by atoms with Gasteiger partial charge in [-0.1, -0.05) is 72.8 Å². The number of amides is 2. The van der Waals surface area contributed by atoms with E-state index in [0.29, 0.717) is 17.7 Å². The number of anilines is 1. The van der Waals surface area contributed by atoms with Crippen molar-refractivity contribution in [1.29, 1.82) is 0 Å². The molecule has 31 heavy (non-hydrogen) atoms. The van der Waals surface area contributed by atoms with Crippen molar-refractivity contribution < 1.29 is 19.1 Å². The molecule has 3 aromatic carbocycles. The highest BCUT2D eigenvalue weighted by atomic mass is 16.5. The molecule has 0 bridgehead atoms. The van der Waals surface area contributed by atoms with Crippen molar-refractivity contribution in [3.63, 3.8) is 0 Å². The fraction of sp³-hybridized carbons (Fsp3) is 0.160. The van der Waals surface area contributed by atoms with Crippen molar-refractivity contribution in [2.75, 3.05) is 5.32 Å². The van der Waals surface area contributed by atoms with Crippen molar-refractivity contribution in [3.8, 4) is 0 Å². The second-order valence-corrected chi connectivity index (χ2v) is 7.07. The average molecular weight is 416 g/mol. The Hall–Kier alpha value is -3.93. The number of benzene rings is 3. The second-order valence-electron chi connectivity index (χ2n) is 7.07. The van der Waals surface area contributed by atoms with Gasteiger partial charge in [-0.15, -0.1) is 0 Å². The molecule has 3 aromatic rings. The van der Waals surface area contributed by atoms with Gasteiger partial charge in [-0.2, -0.15) is 0 Å². The lowest BCUT2D eigenvalue weighted by molar-refractivity contribution is -0.118. The van der Waals surface area contributed by atoms with Crippen LogP contribution in [0.1, 0.15) is 28.4 Å². The van der Waals surface area contributed by atoms with Crippen LogP contribution in [0.25, 0.3) is 0 Å². The molecule has 1 atom stereocenters. The van der Waals surface area contributed by atoms with E-state index < -0.39 is 18.0 Å². The molecule has 0 heterocycles. The predicted octanol–water partition coefficient (Wildman–Crippen LogP) is 4.37. The average Bonchev–Trinajstić information content (AvgIpc) is 2.79. The summed E-state index contributed by atoms with van der Waals surface area (Å²) in [6.07, 6.45) is -0.392. The van der Waals surface area contributed by atoms with Crippen LogP contribution in [0.15, 0.2) is 84.9 Å². The van der Waals surface area contributed by atoms with Crippen LogP contribution in [0.5, 0.6) is 0 Å². The molecule has 0 saturated heterocycles. The first-order valence-electron chi connectivity index (χ1n) is 9.94. The number of hydrogen-bond donors (Lipinski definition) is 2.